The van der Waals surface area contributed by atoms with Crippen LogP contribution in [0, 0.1) is 5.92 Å². The van der Waals surface area contributed by atoms with E-state index in [1.165, 1.54) is 11.1 Å². The van der Waals surface area contributed by atoms with Gasteiger partial charge in [0.2, 0.25) is 5.91 Å². The van der Waals surface area contributed by atoms with E-state index in [2.05, 4.69) is 44.3 Å². The second kappa shape index (κ2) is 6.40. The number of hydrogen-bond acceptors (Lipinski definition) is 2. The number of fused-ring (bicyclic) bond motifs is 1. The van der Waals surface area contributed by atoms with Crippen molar-refractivity contribution in [2.75, 3.05) is 18.0 Å². The van der Waals surface area contributed by atoms with Crippen LogP contribution < -0.4 is 10.2 Å². The van der Waals surface area contributed by atoms with Crippen LogP contribution in [0.25, 0.3) is 0 Å². The summed E-state index contributed by atoms with van der Waals surface area (Å²) < 4.78 is 0. The summed E-state index contributed by atoms with van der Waals surface area (Å²) in [6.45, 7) is 10.2. The van der Waals surface area contributed by atoms with E-state index >= 15 is 0 Å². The number of carbonyl (C=O) groups is 1. The molecule has 1 aromatic rings. The van der Waals surface area contributed by atoms with Gasteiger partial charge in [-0.3, -0.25) is 4.79 Å². The summed E-state index contributed by atoms with van der Waals surface area (Å²) in [5.74, 6) is 0.824. The second-order valence-corrected chi connectivity index (χ2v) is 6.29. The minimum atomic E-state index is 0.142. The van der Waals surface area contributed by atoms with Gasteiger partial charge in [0.25, 0.3) is 0 Å². The summed E-state index contributed by atoms with van der Waals surface area (Å²) in [7, 11) is 0. The Morgan fingerprint density at radius 3 is 2.75 bits per heavy atom. The molecular weight excluding hydrogens is 248 g/mol. The molecule has 1 atom stereocenters. The predicted octanol–water partition coefficient (Wildman–Crippen LogP) is 2.77. The number of hydrogen-bond donors (Lipinski definition) is 1. The normalized spacial score (nSPS) is 15.6. The summed E-state index contributed by atoms with van der Waals surface area (Å²) >= 11 is 0. The summed E-state index contributed by atoms with van der Waals surface area (Å²) in [6.07, 6.45) is 2.02. The average molecular weight is 274 g/mol. The fourth-order valence-corrected chi connectivity index (χ4v) is 2.77. The Labute approximate surface area is 122 Å². The zero-order valence-electron chi connectivity index (χ0n) is 13.1. The molecule has 0 saturated heterocycles. The lowest BCUT2D eigenvalue weighted by atomic mass is 10.0. The molecule has 1 aliphatic rings. The lowest BCUT2D eigenvalue weighted by molar-refractivity contribution is -0.116. The van der Waals surface area contributed by atoms with Crippen molar-refractivity contribution in [1.29, 1.82) is 0 Å². The van der Waals surface area contributed by atoms with Gasteiger partial charge in [0, 0.05) is 25.2 Å². The van der Waals surface area contributed by atoms with Crippen LogP contribution in [0.1, 0.15) is 38.8 Å². The van der Waals surface area contributed by atoms with Crippen molar-refractivity contribution in [1.82, 2.24) is 5.32 Å². The van der Waals surface area contributed by atoms with Crippen molar-refractivity contribution < 1.29 is 4.79 Å². The molecule has 1 aliphatic heterocycles. The zero-order valence-corrected chi connectivity index (χ0v) is 13.1. The first-order valence-electron chi connectivity index (χ1n) is 7.60. The highest BCUT2D eigenvalue weighted by Crippen LogP contribution is 2.29. The van der Waals surface area contributed by atoms with Crippen molar-refractivity contribution in [2.45, 2.75) is 46.6 Å². The lowest BCUT2D eigenvalue weighted by Crippen LogP contribution is -2.31. The van der Waals surface area contributed by atoms with E-state index in [-0.39, 0.29) is 5.91 Å². The monoisotopic (exact) mass is 274 g/mol. The summed E-state index contributed by atoms with van der Waals surface area (Å²) in [5.41, 5.74) is 3.77. The maximum Gasteiger partial charge on any atom is 0.223 e. The Bertz CT molecular complexity index is 482. The lowest BCUT2D eigenvalue weighted by Gasteiger charge is -2.17. The van der Waals surface area contributed by atoms with Crippen LogP contribution in [0.3, 0.4) is 0 Å². The van der Waals surface area contributed by atoms with Crippen LogP contribution in [0.5, 0.6) is 0 Å². The van der Waals surface area contributed by atoms with Crippen LogP contribution in [-0.4, -0.2) is 25.0 Å². The van der Waals surface area contributed by atoms with Crippen molar-refractivity contribution in [3.8, 4) is 0 Å². The maximum atomic E-state index is 11.5. The van der Waals surface area contributed by atoms with Gasteiger partial charge in [-0.05, 0) is 49.4 Å². The fraction of sp³-hybridized carbons (Fsp3) is 0.588. The molecule has 20 heavy (non-hydrogen) atoms. The van der Waals surface area contributed by atoms with Crippen LogP contribution in [0.4, 0.5) is 5.69 Å². The van der Waals surface area contributed by atoms with Gasteiger partial charge in [-0.25, -0.2) is 0 Å². The quantitative estimate of drug-likeness (QED) is 0.895. The smallest absolute Gasteiger partial charge is 0.223 e. The van der Waals surface area contributed by atoms with Gasteiger partial charge >= 0.3 is 0 Å². The van der Waals surface area contributed by atoms with Gasteiger partial charge in [0.1, 0.15) is 0 Å². The molecule has 0 radical (unpaired) electrons. The molecule has 3 nitrogen and oxygen atoms in total. The van der Waals surface area contributed by atoms with Crippen LogP contribution in [-0.2, 0) is 17.6 Å². The molecule has 0 fully saturated rings. The first-order chi connectivity index (χ1) is 9.47. The molecule has 2 rings (SSSR count). The highest BCUT2D eigenvalue weighted by molar-refractivity contribution is 5.93. The SMILES string of the molecule is CC(=O)N1CCc2cc(CC(C)NCC(C)C)ccc21. The number of carbonyl (C=O) groups excluding carboxylic acids is 1. The van der Waals surface area contributed by atoms with Crippen molar-refractivity contribution in [3.63, 3.8) is 0 Å². The Morgan fingerprint density at radius 1 is 1.35 bits per heavy atom. The van der Waals surface area contributed by atoms with Gasteiger partial charge in [-0.15, -0.1) is 0 Å². The third kappa shape index (κ3) is 3.60. The Morgan fingerprint density at radius 2 is 2.10 bits per heavy atom. The summed E-state index contributed by atoms with van der Waals surface area (Å²) in [6, 6.07) is 7.02. The van der Waals surface area contributed by atoms with Crippen LogP contribution in [0.2, 0.25) is 0 Å². The maximum absolute atomic E-state index is 11.5. The van der Waals surface area contributed by atoms with Crippen LogP contribution >= 0.6 is 0 Å². The van der Waals surface area contributed by atoms with Crippen molar-refractivity contribution in [3.05, 3.63) is 29.3 Å². The zero-order chi connectivity index (χ0) is 14.7. The van der Waals surface area contributed by atoms with E-state index in [4.69, 9.17) is 0 Å². The Kier molecular flexibility index (Phi) is 4.81. The molecule has 0 aromatic heterocycles. The standard InChI is InChI=1S/C17H26N2O/c1-12(2)11-18-13(3)9-15-5-6-17-16(10-15)7-8-19(17)14(4)20/h5-6,10,12-13,18H,7-9,11H2,1-4H3. The number of rotatable bonds is 5. The van der Waals surface area contributed by atoms with Gasteiger partial charge in [-0.1, -0.05) is 26.0 Å². The van der Waals surface area contributed by atoms with E-state index in [0.29, 0.717) is 12.0 Å². The van der Waals surface area contributed by atoms with Crippen LogP contribution in [0.15, 0.2) is 18.2 Å². The molecule has 1 amide bonds. The van der Waals surface area contributed by atoms with Crippen molar-refractivity contribution >= 4 is 11.6 Å². The molecule has 1 N–H and O–H groups in total. The van der Waals surface area contributed by atoms with Crippen molar-refractivity contribution in [2.24, 2.45) is 5.92 Å². The summed E-state index contributed by atoms with van der Waals surface area (Å²) in [4.78, 5) is 13.4. The van der Waals surface area contributed by atoms with Gasteiger partial charge < -0.3 is 10.2 Å². The molecule has 0 bridgehead atoms. The number of anilines is 1. The number of amides is 1. The molecule has 1 heterocycles. The number of nitrogens with one attached hydrogen (secondary N) is 1. The Hall–Kier alpha value is -1.35. The predicted molar refractivity (Wildman–Crippen MR) is 84.2 cm³/mol. The molecule has 1 aromatic carbocycles. The molecule has 0 saturated carbocycles. The largest absolute Gasteiger partial charge is 0.314 e. The highest BCUT2D eigenvalue weighted by Gasteiger charge is 2.22. The van der Waals surface area contributed by atoms with E-state index in [9.17, 15) is 4.79 Å². The molecule has 0 aliphatic carbocycles. The number of nitrogens with zero attached hydrogens (tertiary/aromatic N) is 1. The van der Waals surface area contributed by atoms with E-state index in [1.54, 1.807) is 6.92 Å². The third-order valence-electron chi connectivity index (χ3n) is 3.84. The van der Waals surface area contributed by atoms with E-state index in [0.717, 1.165) is 31.6 Å². The van der Waals surface area contributed by atoms with E-state index < -0.39 is 0 Å². The fourth-order valence-electron chi connectivity index (χ4n) is 2.77. The average Bonchev–Trinajstić information content (AvgIpc) is 2.79. The number of benzene rings is 1. The second-order valence-electron chi connectivity index (χ2n) is 6.29. The van der Waals surface area contributed by atoms with Gasteiger partial charge in [0.05, 0.1) is 0 Å². The first-order valence-corrected chi connectivity index (χ1v) is 7.60. The summed E-state index contributed by atoms with van der Waals surface area (Å²) in [5, 5.41) is 3.56. The molecule has 1 unspecified atom stereocenters. The minimum absolute atomic E-state index is 0.142. The molecule has 0 spiro atoms. The van der Waals surface area contributed by atoms with Gasteiger partial charge in [-0.2, -0.15) is 0 Å². The topological polar surface area (TPSA) is 32.3 Å². The van der Waals surface area contributed by atoms with E-state index in [1.807, 2.05) is 4.90 Å². The highest BCUT2D eigenvalue weighted by atomic mass is 16.2. The molecular formula is C17H26N2O. The molecule has 3 heteroatoms. The first kappa shape index (κ1) is 15.0. The Balaban J connectivity index is 2.00. The minimum Gasteiger partial charge on any atom is -0.314 e. The third-order valence-corrected chi connectivity index (χ3v) is 3.84. The molecule has 110 valence electrons. The van der Waals surface area contributed by atoms with Gasteiger partial charge in [0.15, 0.2) is 0 Å².